The molecule has 0 unspecified atom stereocenters. The molecule has 0 bridgehead atoms. The molecular formula is C18H13FO3S. The van der Waals surface area contributed by atoms with Gasteiger partial charge < -0.3 is 9.15 Å². The van der Waals surface area contributed by atoms with E-state index in [9.17, 15) is 9.18 Å². The van der Waals surface area contributed by atoms with Crippen LogP contribution in [0.3, 0.4) is 0 Å². The van der Waals surface area contributed by atoms with Gasteiger partial charge in [0.15, 0.2) is 0 Å². The first-order valence-electron chi connectivity index (χ1n) is 6.87. The summed E-state index contributed by atoms with van der Waals surface area (Å²) in [5.41, 5.74) is 0.881. The summed E-state index contributed by atoms with van der Waals surface area (Å²) < 4.78 is 23.5. The molecule has 3 aromatic rings. The molecular weight excluding hydrogens is 315 g/mol. The van der Waals surface area contributed by atoms with Gasteiger partial charge in [-0.15, -0.1) is 11.8 Å². The van der Waals surface area contributed by atoms with Crippen molar-refractivity contribution in [1.29, 1.82) is 0 Å². The molecule has 0 aliphatic heterocycles. The Hall–Kier alpha value is -2.53. The molecule has 116 valence electrons. The van der Waals surface area contributed by atoms with Gasteiger partial charge >= 0.3 is 5.63 Å². The molecule has 23 heavy (non-hydrogen) atoms. The highest BCUT2D eigenvalue weighted by atomic mass is 32.2. The molecule has 3 nitrogen and oxygen atoms in total. The Morgan fingerprint density at radius 2 is 1.70 bits per heavy atom. The van der Waals surface area contributed by atoms with Crippen LogP contribution < -0.4 is 10.4 Å². The van der Waals surface area contributed by atoms with Crippen LogP contribution >= 0.6 is 11.8 Å². The maximum atomic E-state index is 13.0. The second kappa shape index (κ2) is 6.71. The van der Waals surface area contributed by atoms with Crippen LogP contribution in [-0.2, 0) is 0 Å². The maximum Gasteiger partial charge on any atom is 0.379 e. The molecule has 0 fully saturated rings. The van der Waals surface area contributed by atoms with Gasteiger partial charge in [0.1, 0.15) is 11.6 Å². The summed E-state index contributed by atoms with van der Waals surface area (Å²) in [7, 11) is 0. The summed E-state index contributed by atoms with van der Waals surface area (Å²) in [6.45, 7) is 0. The van der Waals surface area contributed by atoms with Crippen LogP contribution in [0.5, 0.6) is 11.5 Å². The largest absolute Gasteiger partial charge is 0.449 e. The van der Waals surface area contributed by atoms with Gasteiger partial charge in [0.2, 0.25) is 5.75 Å². The van der Waals surface area contributed by atoms with Gasteiger partial charge in [-0.2, -0.15) is 0 Å². The SMILES string of the molecule is CSc1ccc(-c2ccoc(=O)c2Oc2ccc(F)cc2)cc1. The quantitative estimate of drug-likeness (QED) is 0.635. The molecule has 0 spiro atoms. The highest BCUT2D eigenvalue weighted by Crippen LogP contribution is 2.31. The molecule has 5 heteroatoms. The van der Waals surface area contributed by atoms with Crippen LogP contribution in [0, 0.1) is 5.82 Å². The van der Waals surface area contributed by atoms with E-state index in [1.807, 2.05) is 30.5 Å². The van der Waals surface area contributed by atoms with Crippen molar-refractivity contribution >= 4 is 11.8 Å². The van der Waals surface area contributed by atoms with E-state index in [1.54, 1.807) is 17.8 Å². The topological polar surface area (TPSA) is 39.4 Å². The highest BCUT2D eigenvalue weighted by molar-refractivity contribution is 7.98. The average Bonchev–Trinajstić information content (AvgIpc) is 2.59. The summed E-state index contributed by atoms with van der Waals surface area (Å²) in [6.07, 6.45) is 3.33. The van der Waals surface area contributed by atoms with Crippen molar-refractivity contribution in [2.24, 2.45) is 0 Å². The lowest BCUT2D eigenvalue weighted by atomic mass is 10.1. The second-order valence-corrected chi connectivity index (χ2v) is 5.61. The van der Waals surface area contributed by atoms with Gasteiger partial charge in [0.25, 0.3) is 0 Å². The lowest BCUT2D eigenvalue weighted by Gasteiger charge is -2.10. The van der Waals surface area contributed by atoms with Crippen LogP contribution in [-0.4, -0.2) is 6.26 Å². The lowest BCUT2D eigenvalue weighted by Crippen LogP contribution is -2.04. The molecule has 0 saturated carbocycles. The monoisotopic (exact) mass is 328 g/mol. The van der Waals surface area contributed by atoms with Gasteiger partial charge in [0.05, 0.1) is 6.26 Å². The Balaban J connectivity index is 2.02. The Kier molecular flexibility index (Phi) is 4.48. The molecule has 0 radical (unpaired) electrons. The lowest BCUT2D eigenvalue weighted by molar-refractivity contribution is 0.422. The summed E-state index contributed by atoms with van der Waals surface area (Å²) in [5.74, 6) is 0.0771. The zero-order valence-corrected chi connectivity index (χ0v) is 13.1. The van der Waals surface area contributed by atoms with E-state index in [0.29, 0.717) is 11.3 Å². The van der Waals surface area contributed by atoms with Crippen molar-refractivity contribution in [2.45, 2.75) is 4.90 Å². The number of ether oxygens (including phenoxy) is 1. The molecule has 0 aliphatic rings. The van der Waals surface area contributed by atoms with Crippen molar-refractivity contribution in [3.05, 3.63) is 77.1 Å². The molecule has 2 aromatic carbocycles. The summed E-state index contributed by atoms with van der Waals surface area (Å²) in [6, 6.07) is 14.9. The van der Waals surface area contributed by atoms with Gasteiger partial charge in [-0.05, 0) is 54.3 Å². The number of rotatable bonds is 4. The fourth-order valence-electron chi connectivity index (χ4n) is 2.12. The van der Waals surface area contributed by atoms with Gasteiger partial charge in [-0.1, -0.05) is 12.1 Å². The third-order valence-electron chi connectivity index (χ3n) is 3.27. The molecule has 0 N–H and O–H groups in total. The third kappa shape index (κ3) is 3.46. The summed E-state index contributed by atoms with van der Waals surface area (Å²) >= 11 is 1.64. The van der Waals surface area contributed by atoms with Gasteiger partial charge in [-0.25, -0.2) is 9.18 Å². The van der Waals surface area contributed by atoms with Crippen molar-refractivity contribution in [3.8, 4) is 22.6 Å². The van der Waals surface area contributed by atoms with E-state index in [-0.39, 0.29) is 11.6 Å². The van der Waals surface area contributed by atoms with E-state index < -0.39 is 5.63 Å². The zero-order valence-electron chi connectivity index (χ0n) is 12.3. The molecule has 0 atom stereocenters. The summed E-state index contributed by atoms with van der Waals surface area (Å²) in [4.78, 5) is 13.2. The Bertz CT molecular complexity index is 855. The minimum absolute atomic E-state index is 0.0796. The minimum atomic E-state index is -0.583. The fourth-order valence-corrected chi connectivity index (χ4v) is 2.53. The predicted octanol–water partition coefficient (Wildman–Crippen LogP) is 4.96. The maximum absolute atomic E-state index is 13.0. The summed E-state index contributed by atoms with van der Waals surface area (Å²) in [5, 5.41) is 0. The van der Waals surface area contributed by atoms with E-state index in [2.05, 4.69) is 0 Å². The Morgan fingerprint density at radius 1 is 1.00 bits per heavy atom. The van der Waals surface area contributed by atoms with Crippen LogP contribution in [0.1, 0.15) is 0 Å². The van der Waals surface area contributed by atoms with Crippen LogP contribution in [0.15, 0.2) is 75.0 Å². The predicted molar refractivity (Wildman–Crippen MR) is 88.7 cm³/mol. The molecule has 1 heterocycles. The second-order valence-electron chi connectivity index (χ2n) is 4.74. The molecule has 1 aromatic heterocycles. The zero-order chi connectivity index (χ0) is 16.2. The Labute approximate surface area is 136 Å². The van der Waals surface area contributed by atoms with Crippen molar-refractivity contribution in [1.82, 2.24) is 0 Å². The number of benzene rings is 2. The number of thioether (sulfide) groups is 1. The number of halogens is 1. The van der Waals surface area contributed by atoms with Crippen molar-refractivity contribution in [3.63, 3.8) is 0 Å². The van der Waals surface area contributed by atoms with Gasteiger partial charge in [0, 0.05) is 10.5 Å². The number of hydrogen-bond donors (Lipinski definition) is 0. The minimum Gasteiger partial charge on any atom is -0.449 e. The van der Waals surface area contributed by atoms with E-state index in [0.717, 1.165) is 10.5 Å². The van der Waals surface area contributed by atoms with Crippen LogP contribution in [0.2, 0.25) is 0 Å². The smallest absolute Gasteiger partial charge is 0.379 e. The first kappa shape index (κ1) is 15.4. The van der Waals surface area contributed by atoms with Gasteiger partial charge in [-0.3, -0.25) is 0 Å². The molecule has 0 amide bonds. The van der Waals surface area contributed by atoms with E-state index >= 15 is 0 Å². The standard InChI is InChI=1S/C18H13FO3S/c1-23-15-8-2-12(3-9-15)16-10-11-21-18(20)17(16)22-14-6-4-13(19)5-7-14/h2-11H,1H3. The molecule has 0 aliphatic carbocycles. The Morgan fingerprint density at radius 3 is 2.35 bits per heavy atom. The van der Waals surface area contributed by atoms with E-state index in [4.69, 9.17) is 9.15 Å². The molecule has 0 saturated heterocycles. The first-order valence-corrected chi connectivity index (χ1v) is 8.09. The average molecular weight is 328 g/mol. The third-order valence-corrected chi connectivity index (χ3v) is 4.02. The van der Waals surface area contributed by atoms with Crippen LogP contribution in [0.4, 0.5) is 4.39 Å². The fraction of sp³-hybridized carbons (Fsp3) is 0.0556. The molecule has 3 rings (SSSR count). The first-order chi connectivity index (χ1) is 11.2. The van der Waals surface area contributed by atoms with E-state index in [1.165, 1.54) is 30.5 Å². The number of hydrogen-bond acceptors (Lipinski definition) is 4. The van der Waals surface area contributed by atoms with Crippen molar-refractivity contribution in [2.75, 3.05) is 6.26 Å². The van der Waals surface area contributed by atoms with Crippen LogP contribution in [0.25, 0.3) is 11.1 Å². The normalized spacial score (nSPS) is 10.5. The van der Waals surface area contributed by atoms with Crippen molar-refractivity contribution < 1.29 is 13.5 Å². The highest BCUT2D eigenvalue weighted by Gasteiger charge is 2.13.